The lowest BCUT2D eigenvalue weighted by molar-refractivity contribution is 0.106. The van der Waals surface area contributed by atoms with Crippen molar-refractivity contribution in [1.29, 1.82) is 0 Å². The molecule has 4 heteroatoms. The summed E-state index contributed by atoms with van der Waals surface area (Å²) in [5.74, 6) is -0.249. The smallest absolute Gasteiger partial charge is 0.167 e. The van der Waals surface area contributed by atoms with Crippen LogP contribution in [0.1, 0.15) is 17.2 Å². The molecule has 0 saturated carbocycles. The van der Waals surface area contributed by atoms with Gasteiger partial charge in [0.2, 0.25) is 0 Å². The number of aryl methyl sites for hydroxylation is 1. The molecular weight excluding hydrogens is 245 g/mol. The summed E-state index contributed by atoms with van der Waals surface area (Å²) in [5.41, 5.74) is 7.39. The van der Waals surface area contributed by atoms with Crippen LogP contribution >= 0.6 is 0 Å². The molecule has 3 nitrogen and oxygen atoms in total. The van der Waals surface area contributed by atoms with Crippen molar-refractivity contribution in [3.05, 3.63) is 59.4 Å². The quantitative estimate of drug-likeness (QED) is 0.832. The maximum absolute atomic E-state index is 13.7. The summed E-state index contributed by atoms with van der Waals surface area (Å²) in [6, 6.07) is 11.8. The fourth-order valence-corrected chi connectivity index (χ4v) is 1.72. The average molecular weight is 261 g/mol. The maximum atomic E-state index is 13.7. The number of aliphatic hydroxyl groups is 1. The van der Waals surface area contributed by atoms with Crippen LogP contribution in [0, 0.1) is 12.7 Å². The number of rotatable bonds is 4. The highest BCUT2D eigenvalue weighted by molar-refractivity contribution is 5.40. The molecule has 0 spiro atoms. The summed E-state index contributed by atoms with van der Waals surface area (Å²) < 4.78 is 19.0. The Morgan fingerprint density at radius 1 is 1.21 bits per heavy atom. The third-order valence-electron chi connectivity index (χ3n) is 2.87. The van der Waals surface area contributed by atoms with Gasteiger partial charge in [-0.25, -0.2) is 4.39 Å². The highest BCUT2D eigenvalue weighted by Gasteiger charge is 2.11. The Balaban J connectivity index is 2.02. The molecule has 19 heavy (non-hydrogen) atoms. The van der Waals surface area contributed by atoms with Crippen LogP contribution in [0.15, 0.2) is 42.5 Å². The molecule has 0 bridgehead atoms. The van der Waals surface area contributed by atoms with Crippen LogP contribution in [0.5, 0.6) is 5.75 Å². The number of anilines is 1. The number of nitrogen functional groups attached to an aromatic ring is 1. The summed E-state index contributed by atoms with van der Waals surface area (Å²) in [4.78, 5) is 0. The number of aliphatic hydroxyl groups excluding tert-OH is 1. The lowest BCUT2D eigenvalue weighted by atomic mass is 10.1. The first-order chi connectivity index (χ1) is 9.08. The van der Waals surface area contributed by atoms with Gasteiger partial charge in [-0.3, -0.25) is 0 Å². The number of ether oxygens (including phenoxy) is 1. The molecule has 0 aromatic heterocycles. The molecule has 0 saturated heterocycles. The van der Waals surface area contributed by atoms with Gasteiger partial charge in [0, 0.05) is 5.69 Å². The molecule has 0 radical (unpaired) electrons. The van der Waals surface area contributed by atoms with Gasteiger partial charge in [-0.2, -0.15) is 0 Å². The van der Waals surface area contributed by atoms with E-state index < -0.39 is 11.9 Å². The second-order valence-electron chi connectivity index (χ2n) is 4.38. The van der Waals surface area contributed by atoms with Gasteiger partial charge in [0.1, 0.15) is 12.7 Å². The second-order valence-corrected chi connectivity index (χ2v) is 4.38. The highest BCUT2D eigenvalue weighted by Crippen LogP contribution is 2.22. The zero-order valence-electron chi connectivity index (χ0n) is 10.6. The van der Waals surface area contributed by atoms with E-state index in [0.717, 1.165) is 0 Å². The predicted molar refractivity (Wildman–Crippen MR) is 72.4 cm³/mol. The molecule has 0 aliphatic carbocycles. The standard InChI is InChI=1S/C15H16FNO2/c1-10-3-2-4-14(15(10)16)19-9-13(18)11-5-7-12(17)8-6-11/h2-8,13,18H,9,17H2,1H3. The fraction of sp³-hybridized carbons (Fsp3) is 0.200. The van der Waals surface area contributed by atoms with Gasteiger partial charge >= 0.3 is 0 Å². The van der Waals surface area contributed by atoms with E-state index in [-0.39, 0.29) is 12.4 Å². The predicted octanol–water partition coefficient (Wildman–Crippen LogP) is 2.83. The molecule has 0 fully saturated rings. The Morgan fingerprint density at radius 2 is 1.89 bits per heavy atom. The van der Waals surface area contributed by atoms with E-state index in [1.165, 1.54) is 6.07 Å². The molecule has 0 aliphatic rings. The number of hydrogen-bond donors (Lipinski definition) is 2. The summed E-state index contributed by atoms with van der Waals surface area (Å²) in [7, 11) is 0. The van der Waals surface area contributed by atoms with Crippen LogP contribution in [0.25, 0.3) is 0 Å². The minimum atomic E-state index is -0.819. The van der Waals surface area contributed by atoms with E-state index in [9.17, 15) is 9.50 Å². The Hall–Kier alpha value is -2.07. The number of hydrogen-bond acceptors (Lipinski definition) is 3. The van der Waals surface area contributed by atoms with E-state index in [4.69, 9.17) is 10.5 Å². The SMILES string of the molecule is Cc1cccc(OCC(O)c2ccc(N)cc2)c1F. The minimum Gasteiger partial charge on any atom is -0.487 e. The highest BCUT2D eigenvalue weighted by atomic mass is 19.1. The molecule has 2 rings (SSSR count). The van der Waals surface area contributed by atoms with Gasteiger partial charge in [-0.05, 0) is 36.2 Å². The molecule has 0 aliphatic heterocycles. The van der Waals surface area contributed by atoms with Crippen molar-refractivity contribution < 1.29 is 14.2 Å². The lowest BCUT2D eigenvalue weighted by Crippen LogP contribution is -2.10. The number of halogens is 1. The maximum Gasteiger partial charge on any atom is 0.167 e. The van der Waals surface area contributed by atoms with E-state index in [0.29, 0.717) is 16.8 Å². The fourth-order valence-electron chi connectivity index (χ4n) is 1.72. The van der Waals surface area contributed by atoms with E-state index in [1.807, 2.05) is 0 Å². The van der Waals surface area contributed by atoms with Crippen molar-refractivity contribution in [2.45, 2.75) is 13.0 Å². The molecule has 0 heterocycles. The molecule has 2 aromatic carbocycles. The summed E-state index contributed by atoms with van der Waals surface area (Å²) in [6.07, 6.45) is -0.819. The first kappa shape index (κ1) is 13.4. The first-order valence-corrected chi connectivity index (χ1v) is 5.99. The van der Waals surface area contributed by atoms with Crippen molar-refractivity contribution in [3.8, 4) is 5.75 Å². The Labute approximate surface area is 111 Å². The van der Waals surface area contributed by atoms with Crippen molar-refractivity contribution in [1.82, 2.24) is 0 Å². The zero-order chi connectivity index (χ0) is 13.8. The van der Waals surface area contributed by atoms with Crippen LogP contribution < -0.4 is 10.5 Å². The normalized spacial score (nSPS) is 12.2. The van der Waals surface area contributed by atoms with Gasteiger partial charge in [-0.15, -0.1) is 0 Å². The van der Waals surface area contributed by atoms with Crippen LogP contribution in [0.3, 0.4) is 0 Å². The minimum absolute atomic E-state index is 0.00963. The molecule has 1 atom stereocenters. The molecule has 1 unspecified atom stereocenters. The number of benzene rings is 2. The summed E-state index contributed by atoms with van der Waals surface area (Å²) in [6.45, 7) is 1.66. The average Bonchev–Trinajstić information content (AvgIpc) is 2.41. The molecule has 0 amide bonds. The monoisotopic (exact) mass is 261 g/mol. The zero-order valence-corrected chi connectivity index (χ0v) is 10.6. The van der Waals surface area contributed by atoms with Crippen LogP contribution in [-0.2, 0) is 0 Å². The van der Waals surface area contributed by atoms with Crippen molar-refractivity contribution in [2.24, 2.45) is 0 Å². The summed E-state index contributed by atoms with van der Waals surface area (Å²) in [5, 5.41) is 9.94. The summed E-state index contributed by atoms with van der Waals surface area (Å²) >= 11 is 0. The van der Waals surface area contributed by atoms with Gasteiger partial charge in [0.25, 0.3) is 0 Å². The molecule has 100 valence electrons. The molecule has 3 N–H and O–H groups in total. The van der Waals surface area contributed by atoms with Crippen molar-refractivity contribution >= 4 is 5.69 Å². The Morgan fingerprint density at radius 3 is 2.58 bits per heavy atom. The van der Waals surface area contributed by atoms with Gasteiger partial charge in [0.05, 0.1) is 0 Å². The van der Waals surface area contributed by atoms with Gasteiger partial charge < -0.3 is 15.6 Å². The first-order valence-electron chi connectivity index (χ1n) is 5.99. The lowest BCUT2D eigenvalue weighted by Gasteiger charge is -2.14. The van der Waals surface area contributed by atoms with Gasteiger partial charge in [-0.1, -0.05) is 24.3 Å². The van der Waals surface area contributed by atoms with Crippen LogP contribution in [-0.4, -0.2) is 11.7 Å². The Bertz CT molecular complexity index is 555. The molecular formula is C15H16FNO2. The topological polar surface area (TPSA) is 55.5 Å². The van der Waals surface area contributed by atoms with Crippen molar-refractivity contribution in [2.75, 3.05) is 12.3 Å². The van der Waals surface area contributed by atoms with Gasteiger partial charge in [0.15, 0.2) is 11.6 Å². The van der Waals surface area contributed by atoms with Crippen LogP contribution in [0.4, 0.5) is 10.1 Å². The van der Waals surface area contributed by atoms with E-state index in [2.05, 4.69) is 0 Å². The third-order valence-corrected chi connectivity index (χ3v) is 2.87. The Kier molecular flexibility index (Phi) is 4.02. The van der Waals surface area contributed by atoms with E-state index in [1.54, 1.807) is 43.3 Å². The largest absolute Gasteiger partial charge is 0.487 e. The van der Waals surface area contributed by atoms with E-state index >= 15 is 0 Å². The third kappa shape index (κ3) is 3.23. The molecule has 2 aromatic rings. The number of nitrogens with two attached hydrogens (primary N) is 1. The van der Waals surface area contributed by atoms with Crippen LogP contribution in [0.2, 0.25) is 0 Å². The second kappa shape index (κ2) is 5.71. The van der Waals surface area contributed by atoms with Crippen molar-refractivity contribution in [3.63, 3.8) is 0 Å².